The number of piperazine rings is 1. The largest absolute Gasteiger partial charge is 0.382 e. The standard InChI is InChI=1S/C11H21N3O2S/c1-3-16-8-4-5-12-11(17)14-7-6-13(2)10(15)9-14/h3-9H2,1-2H3,(H,12,17). The smallest absolute Gasteiger partial charge is 0.241 e. The van der Waals surface area contributed by atoms with Crippen LogP contribution in [-0.4, -0.2) is 67.3 Å². The summed E-state index contributed by atoms with van der Waals surface area (Å²) < 4.78 is 5.23. The molecule has 1 amide bonds. The molecule has 0 atom stereocenters. The molecule has 0 aromatic rings. The van der Waals surface area contributed by atoms with Gasteiger partial charge in [0.15, 0.2) is 5.11 Å². The van der Waals surface area contributed by atoms with E-state index in [2.05, 4.69) is 5.32 Å². The van der Waals surface area contributed by atoms with E-state index < -0.39 is 0 Å². The van der Waals surface area contributed by atoms with Crippen molar-refractivity contribution in [2.24, 2.45) is 0 Å². The maximum absolute atomic E-state index is 11.5. The zero-order valence-electron chi connectivity index (χ0n) is 10.6. The Morgan fingerprint density at radius 2 is 2.29 bits per heavy atom. The highest BCUT2D eigenvalue weighted by Gasteiger charge is 2.22. The highest BCUT2D eigenvalue weighted by molar-refractivity contribution is 7.80. The third-order valence-electron chi connectivity index (χ3n) is 2.69. The Bertz CT molecular complexity index is 273. The van der Waals surface area contributed by atoms with E-state index in [4.69, 9.17) is 17.0 Å². The summed E-state index contributed by atoms with van der Waals surface area (Å²) in [6.07, 6.45) is 0.926. The molecule has 1 rings (SSSR count). The molecular formula is C11H21N3O2S. The molecule has 0 radical (unpaired) electrons. The van der Waals surface area contributed by atoms with Crippen molar-refractivity contribution in [3.05, 3.63) is 0 Å². The summed E-state index contributed by atoms with van der Waals surface area (Å²) in [5, 5.41) is 3.82. The number of amides is 1. The third kappa shape index (κ3) is 4.87. The number of ether oxygens (including phenoxy) is 1. The van der Waals surface area contributed by atoms with Gasteiger partial charge < -0.3 is 19.9 Å². The van der Waals surface area contributed by atoms with Gasteiger partial charge in [-0.3, -0.25) is 4.79 Å². The van der Waals surface area contributed by atoms with Crippen molar-refractivity contribution in [3.8, 4) is 0 Å². The van der Waals surface area contributed by atoms with E-state index in [1.807, 2.05) is 18.9 Å². The van der Waals surface area contributed by atoms with Gasteiger partial charge in [-0.2, -0.15) is 0 Å². The lowest BCUT2D eigenvalue weighted by Gasteiger charge is -2.33. The molecule has 1 heterocycles. The molecule has 0 spiro atoms. The van der Waals surface area contributed by atoms with E-state index >= 15 is 0 Å². The molecule has 1 aliphatic heterocycles. The average molecular weight is 259 g/mol. The summed E-state index contributed by atoms with van der Waals surface area (Å²) in [5.41, 5.74) is 0. The minimum absolute atomic E-state index is 0.120. The van der Waals surface area contributed by atoms with Gasteiger partial charge >= 0.3 is 0 Å². The molecule has 1 fully saturated rings. The second-order valence-electron chi connectivity index (χ2n) is 4.02. The lowest BCUT2D eigenvalue weighted by molar-refractivity contribution is -0.132. The van der Waals surface area contributed by atoms with Crippen LogP contribution in [0, 0.1) is 0 Å². The summed E-state index contributed by atoms with van der Waals surface area (Å²) in [7, 11) is 1.82. The van der Waals surface area contributed by atoms with Gasteiger partial charge in [-0.05, 0) is 25.6 Å². The molecule has 1 aliphatic rings. The topological polar surface area (TPSA) is 44.8 Å². The Morgan fingerprint density at radius 1 is 1.53 bits per heavy atom. The van der Waals surface area contributed by atoms with E-state index in [1.165, 1.54) is 0 Å². The zero-order valence-corrected chi connectivity index (χ0v) is 11.4. The van der Waals surface area contributed by atoms with Crippen LogP contribution in [0.5, 0.6) is 0 Å². The number of carbonyl (C=O) groups excluding carboxylic acids is 1. The Balaban J connectivity index is 2.17. The number of nitrogens with one attached hydrogen (secondary N) is 1. The van der Waals surface area contributed by atoms with Gasteiger partial charge in [0.25, 0.3) is 0 Å². The van der Waals surface area contributed by atoms with Gasteiger partial charge in [-0.25, -0.2) is 0 Å². The second-order valence-corrected chi connectivity index (χ2v) is 4.41. The van der Waals surface area contributed by atoms with E-state index in [1.54, 1.807) is 4.90 Å². The average Bonchev–Trinajstić information content (AvgIpc) is 2.32. The molecule has 0 bridgehead atoms. The van der Waals surface area contributed by atoms with Crippen molar-refractivity contribution in [1.82, 2.24) is 15.1 Å². The second kappa shape index (κ2) is 7.45. The fourth-order valence-corrected chi connectivity index (χ4v) is 1.82. The quantitative estimate of drug-likeness (QED) is 0.559. The summed E-state index contributed by atoms with van der Waals surface area (Å²) in [5.74, 6) is 0.120. The monoisotopic (exact) mass is 259 g/mol. The van der Waals surface area contributed by atoms with Crippen LogP contribution in [0.2, 0.25) is 0 Å². The predicted octanol–water partition coefficient (Wildman–Crippen LogP) is 0.0615. The van der Waals surface area contributed by atoms with Gasteiger partial charge in [-0.1, -0.05) is 0 Å². The third-order valence-corrected chi connectivity index (χ3v) is 3.09. The SMILES string of the molecule is CCOCCCNC(=S)N1CCN(C)C(=O)C1. The van der Waals surface area contributed by atoms with E-state index in [0.717, 1.165) is 39.3 Å². The first-order chi connectivity index (χ1) is 8.15. The van der Waals surface area contributed by atoms with Gasteiger partial charge in [0.2, 0.25) is 5.91 Å². The van der Waals surface area contributed by atoms with Crippen LogP contribution in [-0.2, 0) is 9.53 Å². The molecule has 0 aromatic carbocycles. The van der Waals surface area contributed by atoms with E-state index in [-0.39, 0.29) is 5.91 Å². The lowest BCUT2D eigenvalue weighted by Crippen LogP contribution is -2.53. The van der Waals surface area contributed by atoms with Crippen LogP contribution in [0.3, 0.4) is 0 Å². The molecule has 0 saturated carbocycles. The zero-order chi connectivity index (χ0) is 12.7. The normalized spacial score (nSPS) is 16.2. The molecule has 1 saturated heterocycles. The molecule has 5 nitrogen and oxygen atoms in total. The first kappa shape index (κ1) is 14.2. The van der Waals surface area contributed by atoms with Crippen molar-refractivity contribution in [3.63, 3.8) is 0 Å². The summed E-state index contributed by atoms with van der Waals surface area (Å²) in [4.78, 5) is 15.1. The number of nitrogens with zero attached hydrogens (tertiary/aromatic N) is 2. The fraction of sp³-hybridized carbons (Fsp3) is 0.818. The van der Waals surface area contributed by atoms with Gasteiger partial charge in [0.05, 0.1) is 6.54 Å². The predicted molar refractivity (Wildman–Crippen MR) is 70.9 cm³/mol. The van der Waals surface area contributed by atoms with Crippen molar-refractivity contribution in [2.75, 3.05) is 46.4 Å². The first-order valence-electron chi connectivity index (χ1n) is 5.99. The van der Waals surface area contributed by atoms with Crippen LogP contribution < -0.4 is 5.32 Å². The summed E-state index contributed by atoms with van der Waals surface area (Å²) in [6, 6.07) is 0. The number of rotatable bonds is 5. The molecule has 17 heavy (non-hydrogen) atoms. The lowest BCUT2D eigenvalue weighted by atomic mass is 10.3. The van der Waals surface area contributed by atoms with Crippen LogP contribution in [0.15, 0.2) is 0 Å². The number of hydrogen-bond donors (Lipinski definition) is 1. The summed E-state index contributed by atoms with van der Waals surface area (Å²) >= 11 is 5.25. The number of likely N-dealkylation sites (N-methyl/N-ethyl adjacent to an activating group) is 1. The fourth-order valence-electron chi connectivity index (χ4n) is 1.56. The van der Waals surface area contributed by atoms with Gasteiger partial charge in [0, 0.05) is 39.9 Å². The maximum Gasteiger partial charge on any atom is 0.241 e. The molecule has 6 heteroatoms. The highest BCUT2D eigenvalue weighted by atomic mass is 32.1. The summed E-state index contributed by atoms with van der Waals surface area (Å²) in [6.45, 7) is 6.19. The van der Waals surface area contributed by atoms with Gasteiger partial charge in [0.1, 0.15) is 0 Å². The van der Waals surface area contributed by atoms with Crippen LogP contribution in [0.25, 0.3) is 0 Å². The minimum atomic E-state index is 0.120. The van der Waals surface area contributed by atoms with Crippen molar-refractivity contribution < 1.29 is 9.53 Å². The Morgan fingerprint density at radius 3 is 2.94 bits per heavy atom. The molecular weight excluding hydrogens is 238 g/mol. The van der Waals surface area contributed by atoms with Crippen molar-refractivity contribution in [2.45, 2.75) is 13.3 Å². The molecule has 1 N–H and O–H groups in total. The minimum Gasteiger partial charge on any atom is -0.382 e. The highest BCUT2D eigenvalue weighted by Crippen LogP contribution is 2.01. The number of hydrogen-bond acceptors (Lipinski definition) is 3. The van der Waals surface area contributed by atoms with Crippen LogP contribution in [0.1, 0.15) is 13.3 Å². The molecule has 0 aliphatic carbocycles. The van der Waals surface area contributed by atoms with Crippen molar-refractivity contribution >= 4 is 23.2 Å². The molecule has 0 aromatic heterocycles. The Kier molecular flexibility index (Phi) is 6.21. The van der Waals surface area contributed by atoms with E-state index in [0.29, 0.717) is 11.7 Å². The van der Waals surface area contributed by atoms with Crippen LogP contribution >= 0.6 is 12.2 Å². The van der Waals surface area contributed by atoms with Crippen LogP contribution in [0.4, 0.5) is 0 Å². The Hall–Kier alpha value is -0.880. The number of thiocarbonyl (C=S) groups is 1. The number of carbonyl (C=O) groups is 1. The van der Waals surface area contributed by atoms with Crippen molar-refractivity contribution in [1.29, 1.82) is 0 Å². The van der Waals surface area contributed by atoms with E-state index in [9.17, 15) is 4.79 Å². The maximum atomic E-state index is 11.5. The van der Waals surface area contributed by atoms with Gasteiger partial charge in [-0.15, -0.1) is 0 Å². The molecule has 98 valence electrons. The first-order valence-corrected chi connectivity index (χ1v) is 6.40. The Labute approximate surface area is 108 Å². The molecule has 0 unspecified atom stereocenters.